The van der Waals surface area contributed by atoms with Gasteiger partial charge in [-0.05, 0) is 37.0 Å². The van der Waals surface area contributed by atoms with Crippen LogP contribution in [0.25, 0.3) is 0 Å². The van der Waals surface area contributed by atoms with E-state index >= 15 is 0 Å². The average Bonchev–Trinajstić information content (AvgIpc) is 2.65. The van der Waals surface area contributed by atoms with Crippen molar-refractivity contribution < 1.29 is 13.6 Å². The van der Waals surface area contributed by atoms with Crippen molar-refractivity contribution in [3.8, 4) is 0 Å². The summed E-state index contributed by atoms with van der Waals surface area (Å²) < 4.78 is 26.9. The van der Waals surface area contributed by atoms with Crippen LogP contribution in [0, 0.1) is 11.6 Å². The third-order valence-corrected chi connectivity index (χ3v) is 5.54. The van der Waals surface area contributed by atoms with Crippen LogP contribution in [0.15, 0.2) is 42.5 Å². The minimum Gasteiger partial charge on any atom is -0.335 e. The molecule has 2 aromatic carbocycles. The molecule has 0 bridgehead atoms. The molecule has 2 heterocycles. The summed E-state index contributed by atoms with van der Waals surface area (Å²) >= 11 is 0. The smallest absolute Gasteiger partial charge is 0.254 e. The molecule has 2 aliphatic rings. The van der Waals surface area contributed by atoms with Gasteiger partial charge in [-0.25, -0.2) is 8.78 Å². The van der Waals surface area contributed by atoms with Crippen LogP contribution in [0.4, 0.5) is 8.78 Å². The Labute approximate surface area is 152 Å². The molecule has 0 spiro atoms. The quantitative estimate of drug-likeness (QED) is 0.839. The summed E-state index contributed by atoms with van der Waals surface area (Å²) in [5.74, 6) is -0.904. The first-order valence-electron chi connectivity index (χ1n) is 9.17. The summed E-state index contributed by atoms with van der Waals surface area (Å²) in [6, 6.07) is 11.8. The number of hydrogen-bond donors (Lipinski definition) is 0. The van der Waals surface area contributed by atoms with Crippen LogP contribution in [0.5, 0.6) is 0 Å². The lowest BCUT2D eigenvalue weighted by molar-refractivity contribution is 0.0545. The zero-order valence-corrected chi connectivity index (χ0v) is 14.6. The SMILES string of the molecule is O=C1c2ccccc2CCN1C1CCN(Cc2ccc(F)cc2F)CC1. The number of nitrogens with zero attached hydrogens (tertiary/aromatic N) is 2. The zero-order chi connectivity index (χ0) is 18.1. The van der Waals surface area contributed by atoms with Crippen LogP contribution in [0.3, 0.4) is 0 Å². The number of hydrogen-bond acceptors (Lipinski definition) is 2. The topological polar surface area (TPSA) is 23.6 Å². The van der Waals surface area contributed by atoms with Crippen LogP contribution >= 0.6 is 0 Å². The van der Waals surface area contributed by atoms with E-state index in [-0.39, 0.29) is 11.9 Å². The molecule has 0 N–H and O–H groups in total. The standard InChI is InChI=1S/C21H22F2N2O/c22-17-6-5-16(20(23)13-17)14-24-10-8-18(9-11-24)25-12-7-15-3-1-2-4-19(15)21(25)26/h1-6,13,18H,7-12,14H2. The molecule has 1 saturated heterocycles. The molecule has 4 rings (SSSR count). The van der Waals surface area contributed by atoms with Crippen molar-refractivity contribution >= 4 is 5.91 Å². The van der Waals surface area contributed by atoms with Crippen molar-refractivity contribution in [2.75, 3.05) is 19.6 Å². The molecular formula is C21H22F2N2O. The van der Waals surface area contributed by atoms with Crippen molar-refractivity contribution in [1.29, 1.82) is 0 Å². The predicted molar refractivity (Wildman–Crippen MR) is 95.8 cm³/mol. The van der Waals surface area contributed by atoms with Gasteiger partial charge in [-0.2, -0.15) is 0 Å². The third kappa shape index (κ3) is 3.36. The highest BCUT2D eigenvalue weighted by Gasteiger charge is 2.32. The number of fused-ring (bicyclic) bond motifs is 1. The Morgan fingerprint density at radius 2 is 1.77 bits per heavy atom. The summed E-state index contributed by atoms with van der Waals surface area (Å²) in [4.78, 5) is 17.0. The summed E-state index contributed by atoms with van der Waals surface area (Å²) in [6.45, 7) is 2.88. The lowest BCUT2D eigenvalue weighted by Crippen LogP contribution is -2.49. The van der Waals surface area contributed by atoms with Gasteiger partial charge in [0.25, 0.3) is 5.91 Å². The molecule has 2 aromatic rings. The molecule has 2 aliphatic heterocycles. The highest BCUT2D eigenvalue weighted by Crippen LogP contribution is 2.25. The van der Waals surface area contributed by atoms with Gasteiger partial charge in [-0.15, -0.1) is 0 Å². The van der Waals surface area contributed by atoms with E-state index in [2.05, 4.69) is 4.90 Å². The zero-order valence-electron chi connectivity index (χ0n) is 14.6. The van der Waals surface area contributed by atoms with Gasteiger partial charge in [-0.1, -0.05) is 24.3 Å². The maximum atomic E-state index is 13.8. The summed E-state index contributed by atoms with van der Waals surface area (Å²) in [6.07, 6.45) is 2.68. The van der Waals surface area contributed by atoms with E-state index in [0.717, 1.165) is 56.1 Å². The van der Waals surface area contributed by atoms with Gasteiger partial charge in [0.1, 0.15) is 11.6 Å². The van der Waals surface area contributed by atoms with Crippen molar-refractivity contribution in [3.05, 3.63) is 70.8 Å². The van der Waals surface area contributed by atoms with E-state index in [4.69, 9.17) is 0 Å². The van der Waals surface area contributed by atoms with Crippen LogP contribution < -0.4 is 0 Å². The molecule has 136 valence electrons. The highest BCUT2D eigenvalue weighted by molar-refractivity contribution is 5.96. The molecule has 0 unspecified atom stereocenters. The number of carbonyl (C=O) groups is 1. The van der Waals surface area contributed by atoms with E-state index < -0.39 is 11.6 Å². The normalized spacial score (nSPS) is 18.8. The second-order valence-corrected chi connectivity index (χ2v) is 7.15. The van der Waals surface area contributed by atoms with Gasteiger partial charge < -0.3 is 4.90 Å². The van der Waals surface area contributed by atoms with E-state index in [9.17, 15) is 13.6 Å². The second-order valence-electron chi connectivity index (χ2n) is 7.15. The number of rotatable bonds is 3. The van der Waals surface area contributed by atoms with Crippen LogP contribution in [0.1, 0.15) is 34.3 Å². The number of amides is 1. The van der Waals surface area contributed by atoms with E-state index in [1.165, 1.54) is 12.1 Å². The minimum absolute atomic E-state index is 0.134. The van der Waals surface area contributed by atoms with Crippen molar-refractivity contribution in [2.45, 2.75) is 31.8 Å². The van der Waals surface area contributed by atoms with Gasteiger partial charge >= 0.3 is 0 Å². The molecule has 0 radical (unpaired) electrons. The number of halogens is 2. The number of benzene rings is 2. The fourth-order valence-corrected chi connectivity index (χ4v) is 4.07. The molecule has 1 amide bonds. The molecule has 0 atom stereocenters. The van der Waals surface area contributed by atoms with Gasteiger partial charge in [0, 0.05) is 49.4 Å². The predicted octanol–water partition coefficient (Wildman–Crippen LogP) is 3.63. The molecule has 5 heteroatoms. The first-order chi connectivity index (χ1) is 12.6. The average molecular weight is 356 g/mol. The molecular weight excluding hydrogens is 334 g/mol. The fourth-order valence-electron chi connectivity index (χ4n) is 4.07. The first-order valence-corrected chi connectivity index (χ1v) is 9.17. The lowest BCUT2D eigenvalue weighted by Gasteiger charge is -2.40. The fraction of sp³-hybridized carbons (Fsp3) is 0.381. The van der Waals surface area contributed by atoms with Crippen molar-refractivity contribution in [1.82, 2.24) is 9.80 Å². The van der Waals surface area contributed by atoms with Gasteiger partial charge in [0.15, 0.2) is 0 Å². The maximum Gasteiger partial charge on any atom is 0.254 e. The summed E-state index contributed by atoms with van der Waals surface area (Å²) in [7, 11) is 0. The van der Waals surface area contributed by atoms with Gasteiger partial charge in [0.2, 0.25) is 0 Å². The largest absolute Gasteiger partial charge is 0.335 e. The number of piperidine rings is 1. The highest BCUT2D eigenvalue weighted by atomic mass is 19.1. The molecule has 3 nitrogen and oxygen atoms in total. The molecule has 0 aromatic heterocycles. The Morgan fingerprint density at radius 3 is 2.54 bits per heavy atom. The Kier molecular flexibility index (Phi) is 4.72. The van der Waals surface area contributed by atoms with E-state index in [0.29, 0.717) is 12.1 Å². The monoisotopic (exact) mass is 356 g/mol. The third-order valence-electron chi connectivity index (χ3n) is 5.54. The van der Waals surface area contributed by atoms with E-state index in [1.54, 1.807) is 0 Å². The van der Waals surface area contributed by atoms with E-state index in [1.807, 2.05) is 29.2 Å². The van der Waals surface area contributed by atoms with Crippen LogP contribution in [-0.2, 0) is 13.0 Å². The number of likely N-dealkylation sites (tertiary alicyclic amines) is 1. The Balaban J connectivity index is 1.37. The first kappa shape index (κ1) is 17.2. The second kappa shape index (κ2) is 7.16. The Morgan fingerprint density at radius 1 is 1.00 bits per heavy atom. The number of carbonyl (C=O) groups excluding carboxylic acids is 1. The molecule has 1 fully saturated rings. The summed E-state index contributed by atoms with van der Waals surface area (Å²) in [5.41, 5.74) is 2.49. The van der Waals surface area contributed by atoms with Crippen LogP contribution in [0.2, 0.25) is 0 Å². The minimum atomic E-state index is -0.547. The Hall–Kier alpha value is -2.27. The van der Waals surface area contributed by atoms with Gasteiger partial charge in [-0.3, -0.25) is 9.69 Å². The van der Waals surface area contributed by atoms with Crippen molar-refractivity contribution in [3.63, 3.8) is 0 Å². The van der Waals surface area contributed by atoms with Crippen LogP contribution in [-0.4, -0.2) is 41.4 Å². The lowest BCUT2D eigenvalue weighted by atomic mass is 9.94. The molecule has 0 saturated carbocycles. The molecule has 0 aliphatic carbocycles. The maximum absolute atomic E-state index is 13.8. The van der Waals surface area contributed by atoms with Gasteiger partial charge in [0.05, 0.1) is 0 Å². The van der Waals surface area contributed by atoms with Crippen molar-refractivity contribution in [2.24, 2.45) is 0 Å². The molecule has 26 heavy (non-hydrogen) atoms. The Bertz CT molecular complexity index is 815. The summed E-state index contributed by atoms with van der Waals surface area (Å²) in [5, 5.41) is 0.